The summed E-state index contributed by atoms with van der Waals surface area (Å²) < 4.78 is 5.10. The van der Waals surface area contributed by atoms with Crippen LogP contribution in [0.5, 0.6) is 0 Å². The highest BCUT2D eigenvalue weighted by Gasteiger charge is 2.24. The Morgan fingerprint density at radius 2 is 1.85 bits per heavy atom. The van der Waals surface area contributed by atoms with E-state index in [2.05, 4.69) is 21.7 Å². The van der Waals surface area contributed by atoms with Gasteiger partial charge in [0.15, 0.2) is 0 Å². The molecule has 5 nitrogen and oxygen atoms in total. The molecule has 0 atom stereocenters. The van der Waals surface area contributed by atoms with Gasteiger partial charge in [-0.2, -0.15) is 0 Å². The Balaban J connectivity index is 2.18. The first-order chi connectivity index (χ1) is 9.58. The Morgan fingerprint density at radius 1 is 1.20 bits per heavy atom. The number of piperazine rings is 1. The first-order valence-corrected chi connectivity index (χ1v) is 7.42. The third kappa shape index (κ3) is 2.82. The van der Waals surface area contributed by atoms with Gasteiger partial charge in [0.2, 0.25) is 0 Å². The van der Waals surface area contributed by atoms with E-state index in [1.54, 1.807) is 0 Å². The van der Waals surface area contributed by atoms with Crippen LogP contribution in [-0.4, -0.2) is 55.2 Å². The smallest absolute Gasteiger partial charge is 0.355 e. The fourth-order valence-corrected chi connectivity index (χ4v) is 2.91. The average Bonchev–Trinajstić information content (AvgIpc) is 2.75. The Labute approximate surface area is 120 Å². The molecule has 1 saturated heterocycles. The quantitative estimate of drug-likeness (QED) is 0.856. The summed E-state index contributed by atoms with van der Waals surface area (Å²) in [6.07, 6.45) is 0. The molecule has 1 fully saturated rings. The van der Waals surface area contributed by atoms with Crippen LogP contribution in [0, 0.1) is 13.8 Å². The van der Waals surface area contributed by atoms with Gasteiger partial charge in [0.25, 0.3) is 0 Å². The third-order valence-corrected chi connectivity index (χ3v) is 4.01. The maximum absolute atomic E-state index is 11.9. The second-order valence-corrected chi connectivity index (χ2v) is 5.24. The zero-order valence-electron chi connectivity index (χ0n) is 13.0. The van der Waals surface area contributed by atoms with Crippen LogP contribution >= 0.6 is 0 Å². The van der Waals surface area contributed by atoms with E-state index in [1.807, 2.05) is 20.8 Å². The molecule has 2 rings (SSSR count). The molecule has 0 radical (unpaired) electrons. The molecule has 0 unspecified atom stereocenters. The largest absolute Gasteiger partial charge is 0.461 e. The van der Waals surface area contributed by atoms with Gasteiger partial charge in [0.05, 0.1) is 12.3 Å². The number of nitrogens with one attached hydrogen (secondary N) is 1. The van der Waals surface area contributed by atoms with Crippen LogP contribution in [-0.2, 0) is 4.74 Å². The molecule has 0 bridgehead atoms. The minimum Gasteiger partial charge on any atom is -0.461 e. The van der Waals surface area contributed by atoms with Crippen molar-refractivity contribution in [2.45, 2.75) is 27.7 Å². The SMILES string of the molecule is CCOC(=O)c1[nH]c(C)c(N2CCN(CC)CC2)c1C. The number of nitrogens with zero attached hydrogens (tertiary/aromatic N) is 2. The van der Waals surface area contributed by atoms with Crippen LogP contribution < -0.4 is 4.90 Å². The van der Waals surface area contributed by atoms with Crippen LogP contribution in [0.25, 0.3) is 0 Å². The van der Waals surface area contributed by atoms with Crippen LogP contribution in [0.3, 0.4) is 0 Å². The lowest BCUT2D eigenvalue weighted by Gasteiger charge is -2.36. The van der Waals surface area contributed by atoms with Gasteiger partial charge in [-0.1, -0.05) is 6.92 Å². The summed E-state index contributed by atoms with van der Waals surface area (Å²) in [5.74, 6) is -0.258. The zero-order valence-corrected chi connectivity index (χ0v) is 13.0. The number of rotatable bonds is 4. The lowest BCUT2D eigenvalue weighted by Crippen LogP contribution is -2.46. The Hall–Kier alpha value is -1.49. The summed E-state index contributed by atoms with van der Waals surface area (Å²) >= 11 is 0. The van der Waals surface area contributed by atoms with E-state index in [9.17, 15) is 4.79 Å². The maximum atomic E-state index is 11.9. The number of ether oxygens (including phenoxy) is 1. The number of esters is 1. The number of H-pyrrole nitrogens is 1. The topological polar surface area (TPSA) is 48.6 Å². The lowest BCUT2D eigenvalue weighted by atomic mass is 10.1. The predicted octanol–water partition coefficient (Wildman–Crippen LogP) is 1.95. The third-order valence-electron chi connectivity index (χ3n) is 4.01. The highest BCUT2D eigenvalue weighted by molar-refractivity contribution is 5.91. The number of aryl methyl sites for hydroxylation is 1. The fraction of sp³-hybridized carbons (Fsp3) is 0.667. The molecule has 0 spiro atoms. The first kappa shape index (κ1) is 14.9. The summed E-state index contributed by atoms with van der Waals surface area (Å²) in [7, 11) is 0. The van der Waals surface area contributed by atoms with Gasteiger partial charge in [-0.25, -0.2) is 4.79 Å². The molecule has 0 aromatic carbocycles. The van der Waals surface area contributed by atoms with Crippen molar-refractivity contribution < 1.29 is 9.53 Å². The second kappa shape index (κ2) is 6.31. The van der Waals surface area contributed by atoms with Gasteiger partial charge in [0, 0.05) is 37.4 Å². The van der Waals surface area contributed by atoms with Crippen molar-refractivity contribution >= 4 is 11.7 Å². The number of carbonyl (C=O) groups excluding carboxylic acids is 1. The molecular formula is C15H25N3O2. The average molecular weight is 279 g/mol. The number of anilines is 1. The first-order valence-electron chi connectivity index (χ1n) is 7.42. The van der Waals surface area contributed by atoms with Gasteiger partial charge in [-0.3, -0.25) is 0 Å². The highest BCUT2D eigenvalue weighted by Crippen LogP contribution is 2.29. The molecule has 1 aliphatic heterocycles. The molecule has 0 saturated carbocycles. The molecule has 0 amide bonds. The van der Waals surface area contributed by atoms with E-state index in [0.717, 1.165) is 44.0 Å². The fourth-order valence-electron chi connectivity index (χ4n) is 2.91. The number of hydrogen-bond donors (Lipinski definition) is 1. The van der Waals surface area contributed by atoms with Crippen molar-refractivity contribution in [1.82, 2.24) is 9.88 Å². The van der Waals surface area contributed by atoms with E-state index < -0.39 is 0 Å². The van der Waals surface area contributed by atoms with Crippen LogP contribution in [0.2, 0.25) is 0 Å². The van der Waals surface area contributed by atoms with Crippen LogP contribution in [0.4, 0.5) is 5.69 Å². The van der Waals surface area contributed by atoms with Crippen molar-refractivity contribution in [3.63, 3.8) is 0 Å². The van der Waals surface area contributed by atoms with Crippen molar-refractivity contribution in [2.24, 2.45) is 0 Å². The second-order valence-electron chi connectivity index (χ2n) is 5.24. The van der Waals surface area contributed by atoms with Crippen molar-refractivity contribution in [3.05, 3.63) is 17.0 Å². The normalized spacial score (nSPS) is 16.5. The van der Waals surface area contributed by atoms with E-state index in [0.29, 0.717) is 12.3 Å². The van der Waals surface area contributed by atoms with E-state index in [-0.39, 0.29) is 5.97 Å². The Bertz CT molecular complexity index is 474. The number of aromatic amines is 1. The summed E-state index contributed by atoms with van der Waals surface area (Å²) in [6.45, 7) is 13.7. The lowest BCUT2D eigenvalue weighted by molar-refractivity contribution is 0.0519. The Morgan fingerprint density at radius 3 is 2.40 bits per heavy atom. The van der Waals surface area contributed by atoms with E-state index in [4.69, 9.17) is 4.74 Å². The minimum atomic E-state index is -0.258. The van der Waals surface area contributed by atoms with Crippen molar-refractivity contribution in [1.29, 1.82) is 0 Å². The number of carbonyl (C=O) groups is 1. The molecule has 0 aliphatic carbocycles. The van der Waals surface area contributed by atoms with Gasteiger partial charge in [0.1, 0.15) is 5.69 Å². The van der Waals surface area contributed by atoms with E-state index in [1.165, 1.54) is 5.69 Å². The minimum absolute atomic E-state index is 0.258. The van der Waals surface area contributed by atoms with Gasteiger partial charge < -0.3 is 19.5 Å². The molecule has 1 aromatic rings. The van der Waals surface area contributed by atoms with Crippen LogP contribution in [0.15, 0.2) is 0 Å². The monoisotopic (exact) mass is 279 g/mol. The summed E-state index contributed by atoms with van der Waals surface area (Å²) in [5.41, 5.74) is 3.82. The van der Waals surface area contributed by atoms with Crippen LogP contribution in [0.1, 0.15) is 35.6 Å². The zero-order chi connectivity index (χ0) is 14.7. The predicted molar refractivity (Wildman–Crippen MR) is 80.6 cm³/mol. The Kier molecular flexibility index (Phi) is 4.70. The number of likely N-dealkylation sites (N-methyl/N-ethyl adjacent to an activating group) is 1. The molecule has 1 N–H and O–H groups in total. The highest BCUT2D eigenvalue weighted by atomic mass is 16.5. The molecule has 1 aromatic heterocycles. The van der Waals surface area contributed by atoms with Crippen molar-refractivity contribution in [3.8, 4) is 0 Å². The summed E-state index contributed by atoms with van der Waals surface area (Å²) in [6, 6.07) is 0. The molecule has 2 heterocycles. The standard InChI is InChI=1S/C15H25N3O2/c1-5-17-7-9-18(10-8-17)14-11(3)13(16-12(14)4)15(19)20-6-2/h16H,5-10H2,1-4H3. The summed E-state index contributed by atoms with van der Waals surface area (Å²) in [5, 5.41) is 0. The number of hydrogen-bond acceptors (Lipinski definition) is 4. The molecule has 5 heteroatoms. The molecule has 112 valence electrons. The summed E-state index contributed by atoms with van der Waals surface area (Å²) in [4.78, 5) is 19.9. The number of aromatic nitrogens is 1. The maximum Gasteiger partial charge on any atom is 0.355 e. The van der Waals surface area contributed by atoms with Gasteiger partial charge in [-0.15, -0.1) is 0 Å². The molecule has 1 aliphatic rings. The van der Waals surface area contributed by atoms with Gasteiger partial charge in [-0.05, 0) is 27.3 Å². The van der Waals surface area contributed by atoms with Crippen molar-refractivity contribution in [2.75, 3.05) is 44.2 Å². The molecular weight excluding hydrogens is 254 g/mol. The molecule has 20 heavy (non-hydrogen) atoms. The van der Waals surface area contributed by atoms with E-state index >= 15 is 0 Å². The van der Waals surface area contributed by atoms with Gasteiger partial charge >= 0.3 is 5.97 Å².